The molecule has 69 heavy (non-hydrogen) atoms. The topological polar surface area (TPSA) is 197 Å². The fraction of sp³-hybridized carbons (Fsp3) is 0.408. The molecule has 0 atom stereocenters. The number of nitrogens with two attached hydrogens (primary N) is 1. The molecule has 0 saturated carbocycles. The Kier molecular flexibility index (Phi) is 15.1. The summed E-state index contributed by atoms with van der Waals surface area (Å²) in [5.74, 6) is 8.07. The predicted molar refractivity (Wildman–Crippen MR) is 281 cm³/mol. The molecule has 6 heterocycles. The molecule has 0 radical (unpaired) electrons. The van der Waals surface area contributed by atoms with Gasteiger partial charge in [0.1, 0.15) is 41.6 Å². The van der Waals surface area contributed by atoms with Crippen LogP contribution >= 0.6 is 0 Å². The number of carbonyl (C=O) groups is 1. The van der Waals surface area contributed by atoms with E-state index in [4.69, 9.17) is 34.5 Å². The second kappa shape index (κ2) is 20.6. The van der Waals surface area contributed by atoms with E-state index in [9.17, 15) is 4.79 Å². The van der Waals surface area contributed by atoms with E-state index in [1.165, 1.54) is 0 Å². The fourth-order valence-electron chi connectivity index (χ4n) is 7.78. The van der Waals surface area contributed by atoms with Gasteiger partial charge in [-0.2, -0.15) is 0 Å². The number of rotatable bonds is 17. The highest BCUT2D eigenvalue weighted by atomic mass is 28.3. The number of nitrogens with zero attached hydrogens (tertiary/aromatic N) is 8. The molecule has 0 unspecified atom stereocenters. The molecule has 0 bridgehead atoms. The number of nitrogen functional groups attached to an aromatic ring is 1. The monoisotopic (exact) mass is 976 g/mol. The lowest BCUT2D eigenvalue weighted by Gasteiger charge is -2.19. The van der Waals surface area contributed by atoms with Gasteiger partial charge in [-0.15, -0.1) is 0 Å². The van der Waals surface area contributed by atoms with Crippen LogP contribution in [0, 0.1) is 0 Å². The van der Waals surface area contributed by atoms with Gasteiger partial charge in [-0.25, -0.2) is 36.0 Å². The molecule has 8 aromatic rings. The van der Waals surface area contributed by atoms with Gasteiger partial charge in [0.25, 0.3) is 0 Å². The summed E-state index contributed by atoms with van der Waals surface area (Å²) in [5.41, 5.74) is 16.4. The van der Waals surface area contributed by atoms with Gasteiger partial charge in [0, 0.05) is 88.8 Å². The Morgan fingerprint density at radius 3 is 1.55 bits per heavy atom. The Morgan fingerprint density at radius 2 is 1.13 bits per heavy atom. The van der Waals surface area contributed by atoms with Crippen LogP contribution in [0.3, 0.4) is 0 Å². The molecule has 1 amide bonds. The molecular weight excluding hydrogens is 909 g/mol. The SMILES string of the molecule is COc1ccc2c(c1)c(-c1cc3nc(NN)cnc3n1COCC[Si](C)(C)C)cn2C.COc1ccc2c(c1)c(-c1cc3nc(NNC(=O)OC(C)(C)C)cnc3n1COCC[Si](C)(C)C)cn2C. The van der Waals surface area contributed by atoms with Crippen LogP contribution in [0.4, 0.5) is 16.4 Å². The molecule has 0 saturated heterocycles. The molecule has 0 fully saturated rings. The number of benzene rings is 2. The van der Waals surface area contributed by atoms with Crippen molar-refractivity contribution in [2.75, 3.05) is 38.3 Å². The first kappa shape index (κ1) is 50.4. The largest absolute Gasteiger partial charge is 0.497 e. The molecule has 20 heteroatoms. The summed E-state index contributed by atoms with van der Waals surface area (Å²) >= 11 is 0. The highest BCUT2D eigenvalue weighted by Crippen LogP contribution is 2.37. The number of hydrazine groups is 2. The zero-order valence-corrected chi connectivity index (χ0v) is 44.3. The van der Waals surface area contributed by atoms with E-state index in [0.29, 0.717) is 42.9 Å². The predicted octanol–water partition coefficient (Wildman–Crippen LogP) is 9.96. The van der Waals surface area contributed by atoms with Crippen molar-refractivity contribution >= 4 is 78.0 Å². The van der Waals surface area contributed by atoms with Crippen molar-refractivity contribution in [2.45, 2.75) is 91.2 Å². The van der Waals surface area contributed by atoms with Gasteiger partial charge in [0.15, 0.2) is 22.9 Å². The average Bonchev–Trinajstić information content (AvgIpc) is 4.03. The molecule has 18 nitrogen and oxygen atoms in total. The lowest BCUT2D eigenvalue weighted by atomic mass is 10.1. The third-order valence-electron chi connectivity index (χ3n) is 11.4. The number of amides is 1. The standard InChI is InChI=1S/C27H38N6O4Si.C22H30N6O2Si/c1-27(2,3)37-26(34)31-30-24-15-28-25-21(29-24)14-23(33(25)17-36-11-12-38(6,7)8)20-16-32(4)22-10-9-18(35-5)13-19(20)22;1-27-13-17(16-10-15(29-2)6-7-19(16)27)20-11-18-22(24-12-21(25-18)26-23)28(20)14-30-8-9-31(3,4)5/h9-10,13-16H,11-12,17H2,1-8H3,(H,29,30)(H,31,34);6-7,10-13H,8-9,14,23H2,1-5H3,(H,25,26). The summed E-state index contributed by atoms with van der Waals surface area (Å²) in [7, 11) is 5.02. The van der Waals surface area contributed by atoms with Crippen LogP contribution in [0.2, 0.25) is 51.4 Å². The van der Waals surface area contributed by atoms with Crippen LogP contribution in [-0.4, -0.2) is 93.5 Å². The number of methoxy groups -OCH3 is 2. The number of ether oxygens (including phenoxy) is 5. The number of aromatic nitrogens is 8. The minimum Gasteiger partial charge on any atom is -0.497 e. The van der Waals surface area contributed by atoms with Gasteiger partial charge in [0.2, 0.25) is 0 Å². The van der Waals surface area contributed by atoms with E-state index >= 15 is 0 Å². The van der Waals surface area contributed by atoms with E-state index in [-0.39, 0.29) is 0 Å². The lowest BCUT2D eigenvalue weighted by Crippen LogP contribution is -2.36. The van der Waals surface area contributed by atoms with Crippen molar-refractivity contribution in [1.82, 2.24) is 43.6 Å². The number of anilines is 2. The third-order valence-corrected chi connectivity index (χ3v) is 14.8. The summed E-state index contributed by atoms with van der Waals surface area (Å²) in [6, 6.07) is 18.4. The van der Waals surface area contributed by atoms with Crippen molar-refractivity contribution < 1.29 is 28.5 Å². The van der Waals surface area contributed by atoms with Gasteiger partial charge in [-0.1, -0.05) is 39.3 Å². The Balaban J connectivity index is 0.000000208. The van der Waals surface area contributed by atoms with Gasteiger partial charge < -0.3 is 38.2 Å². The second-order valence-electron chi connectivity index (χ2n) is 20.5. The van der Waals surface area contributed by atoms with Gasteiger partial charge in [-0.3, -0.25) is 14.6 Å². The molecular formula is C49H68N12O6Si2. The molecule has 2 aromatic carbocycles. The third kappa shape index (κ3) is 12.2. The average molecular weight is 977 g/mol. The summed E-state index contributed by atoms with van der Waals surface area (Å²) in [6.45, 7) is 21.6. The number of hydrogen-bond acceptors (Lipinski definition) is 13. The molecule has 5 N–H and O–H groups in total. The highest BCUT2D eigenvalue weighted by molar-refractivity contribution is 6.76. The first-order chi connectivity index (χ1) is 32.6. The molecule has 0 aliphatic rings. The molecule has 0 aliphatic heterocycles. The first-order valence-corrected chi connectivity index (χ1v) is 30.4. The van der Waals surface area contributed by atoms with Crippen LogP contribution in [0.1, 0.15) is 20.8 Å². The maximum Gasteiger partial charge on any atom is 0.426 e. The van der Waals surface area contributed by atoms with E-state index in [2.05, 4.69) is 115 Å². The van der Waals surface area contributed by atoms with E-state index < -0.39 is 27.8 Å². The summed E-state index contributed by atoms with van der Waals surface area (Å²) < 4.78 is 36.8. The molecule has 368 valence electrons. The smallest absolute Gasteiger partial charge is 0.426 e. The van der Waals surface area contributed by atoms with Crippen LogP contribution in [0.15, 0.2) is 73.3 Å². The minimum absolute atomic E-state index is 0.348. The van der Waals surface area contributed by atoms with Crippen LogP contribution in [-0.2, 0) is 41.8 Å². The van der Waals surface area contributed by atoms with E-state index in [0.717, 1.165) is 85.7 Å². The van der Waals surface area contributed by atoms with Gasteiger partial charge >= 0.3 is 6.09 Å². The minimum atomic E-state index is -1.23. The number of carbonyl (C=O) groups excluding carboxylic acids is 1. The number of aryl methyl sites for hydroxylation is 2. The van der Waals surface area contributed by atoms with Crippen LogP contribution < -0.4 is 31.6 Å². The highest BCUT2D eigenvalue weighted by Gasteiger charge is 2.22. The summed E-state index contributed by atoms with van der Waals surface area (Å²) in [6.07, 6.45) is 6.84. The number of fused-ring (bicyclic) bond motifs is 4. The van der Waals surface area contributed by atoms with Crippen LogP contribution in [0.5, 0.6) is 11.5 Å². The van der Waals surface area contributed by atoms with Crippen molar-refractivity contribution in [1.29, 1.82) is 0 Å². The number of hydrogen-bond donors (Lipinski definition) is 4. The van der Waals surface area contributed by atoms with Crippen molar-refractivity contribution in [2.24, 2.45) is 19.9 Å². The van der Waals surface area contributed by atoms with Crippen molar-refractivity contribution in [3.63, 3.8) is 0 Å². The van der Waals surface area contributed by atoms with E-state index in [1.807, 2.05) is 49.0 Å². The van der Waals surface area contributed by atoms with Crippen molar-refractivity contribution in [3.8, 4) is 34.0 Å². The van der Waals surface area contributed by atoms with Crippen LogP contribution in [0.25, 0.3) is 66.6 Å². The Hall–Kier alpha value is -6.46. The maximum atomic E-state index is 12.1. The summed E-state index contributed by atoms with van der Waals surface area (Å²) in [4.78, 5) is 30.6. The molecule has 6 aromatic heterocycles. The first-order valence-electron chi connectivity index (χ1n) is 23.0. The number of nitrogens with one attached hydrogen (secondary N) is 3. The Labute approximate surface area is 405 Å². The zero-order chi connectivity index (χ0) is 49.8. The van der Waals surface area contributed by atoms with Gasteiger partial charge in [-0.05, 0) is 81.4 Å². The van der Waals surface area contributed by atoms with Gasteiger partial charge in [0.05, 0.1) is 38.0 Å². The van der Waals surface area contributed by atoms with Crippen molar-refractivity contribution in [3.05, 3.63) is 73.3 Å². The molecule has 8 rings (SSSR count). The Bertz CT molecular complexity index is 3080. The molecule has 0 aliphatic carbocycles. The quantitative estimate of drug-likeness (QED) is 0.0291. The fourth-order valence-corrected chi connectivity index (χ4v) is 9.29. The summed E-state index contributed by atoms with van der Waals surface area (Å²) in [5, 5.41) is 2.16. The maximum absolute atomic E-state index is 12.1. The molecule has 0 spiro atoms. The normalized spacial score (nSPS) is 12.1. The van der Waals surface area contributed by atoms with E-state index in [1.54, 1.807) is 47.4 Å². The Morgan fingerprint density at radius 1 is 0.681 bits per heavy atom. The lowest BCUT2D eigenvalue weighted by molar-refractivity contribution is 0.0540. The zero-order valence-electron chi connectivity index (χ0n) is 42.3. The second-order valence-corrected chi connectivity index (χ2v) is 31.8.